The van der Waals surface area contributed by atoms with E-state index >= 15 is 0 Å². The fraction of sp³-hybridized carbons (Fsp3) is 0.545. The van der Waals surface area contributed by atoms with Crippen molar-refractivity contribution in [2.75, 3.05) is 0 Å². The zero-order valence-corrected chi connectivity index (χ0v) is 9.47. The third-order valence-corrected chi connectivity index (χ3v) is 3.01. The molecule has 17 heavy (non-hydrogen) atoms. The van der Waals surface area contributed by atoms with Gasteiger partial charge in [0, 0.05) is 12.1 Å². The predicted octanol–water partition coefficient (Wildman–Crippen LogP) is 0.966. The maximum absolute atomic E-state index is 11.8. The van der Waals surface area contributed by atoms with E-state index in [1.807, 2.05) is 0 Å². The van der Waals surface area contributed by atoms with Gasteiger partial charge in [-0.25, -0.2) is 0 Å². The summed E-state index contributed by atoms with van der Waals surface area (Å²) in [5.41, 5.74) is 0.193. The summed E-state index contributed by atoms with van der Waals surface area (Å²) in [5.74, 6) is -1.17. The summed E-state index contributed by atoms with van der Waals surface area (Å²) in [6.45, 7) is 1.69. The van der Waals surface area contributed by atoms with E-state index in [1.54, 1.807) is 6.92 Å². The number of carboxylic acid groups (broad SMARTS) is 1. The lowest BCUT2D eigenvalue weighted by molar-refractivity contribution is -0.142. The fourth-order valence-corrected chi connectivity index (χ4v) is 2.14. The van der Waals surface area contributed by atoms with E-state index in [0.29, 0.717) is 18.6 Å². The van der Waals surface area contributed by atoms with Crippen molar-refractivity contribution in [1.29, 1.82) is 0 Å². The van der Waals surface area contributed by atoms with E-state index in [-0.39, 0.29) is 17.6 Å². The van der Waals surface area contributed by atoms with Crippen molar-refractivity contribution >= 4 is 11.9 Å². The van der Waals surface area contributed by atoms with Crippen LogP contribution in [0.2, 0.25) is 0 Å². The summed E-state index contributed by atoms with van der Waals surface area (Å²) in [5, 5.41) is 15.3. The van der Waals surface area contributed by atoms with Gasteiger partial charge in [0.25, 0.3) is 5.91 Å². The first-order valence-corrected chi connectivity index (χ1v) is 5.55. The first-order chi connectivity index (χ1) is 8.08. The first kappa shape index (κ1) is 11.6. The number of nitrogens with one attached hydrogen (secondary N) is 1. The standard InChI is InChI=1S/C11H14N2O4/c1-6-5-9(13-17-6)10(14)12-8-4-2-3-7(8)11(15)16/h5,7-8H,2-4H2,1H3,(H,12,14)(H,15,16). The molecular weight excluding hydrogens is 224 g/mol. The highest BCUT2D eigenvalue weighted by Gasteiger charge is 2.34. The van der Waals surface area contributed by atoms with E-state index in [4.69, 9.17) is 9.63 Å². The van der Waals surface area contributed by atoms with Gasteiger partial charge in [0.2, 0.25) is 0 Å². The van der Waals surface area contributed by atoms with Crippen LogP contribution in [0.5, 0.6) is 0 Å². The van der Waals surface area contributed by atoms with Crippen molar-refractivity contribution in [2.24, 2.45) is 5.92 Å². The summed E-state index contributed by atoms with van der Waals surface area (Å²) in [6, 6.07) is 1.22. The number of aryl methyl sites for hydroxylation is 1. The van der Waals surface area contributed by atoms with E-state index in [9.17, 15) is 9.59 Å². The molecular formula is C11H14N2O4. The minimum atomic E-state index is -0.857. The van der Waals surface area contributed by atoms with Gasteiger partial charge in [0.15, 0.2) is 5.69 Å². The lowest BCUT2D eigenvalue weighted by atomic mass is 10.0. The molecule has 1 aliphatic rings. The second-order valence-corrected chi connectivity index (χ2v) is 4.28. The van der Waals surface area contributed by atoms with Gasteiger partial charge in [-0.3, -0.25) is 9.59 Å². The van der Waals surface area contributed by atoms with Crippen LogP contribution >= 0.6 is 0 Å². The highest BCUT2D eigenvalue weighted by Crippen LogP contribution is 2.26. The largest absolute Gasteiger partial charge is 0.481 e. The Morgan fingerprint density at radius 1 is 1.53 bits per heavy atom. The molecule has 0 aliphatic heterocycles. The van der Waals surface area contributed by atoms with E-state index in [0.717, 1.165) is 6.42 Å². The Kier molecular flexibility index (Phi) is 3.12. The van der Waals surface area contributed by atoms with Crippen molar-refractivity contribution < 1.29 is 19.2 Å². The minimum Gasteiger partial charge on any atom is -0.481 e. The molecule has 1 aliphatic carbocycles. The molecule has 0 radical (unpaired) electrons. The highest BCUT2D eigenvalue weighted by atomic mass is 16.5. The molecule has 1 fully saturated rings. The van der Waals surface area contributed by atoms with Gasteiger partial charge in [-0.2, -0.15) is 0 Å². The van der Waals surface area contributed by atoms with Crippen LogP contribution in [0.1, 0.15) is 35.5 Å². The van der Waals surface area contributed by atoms with E-state index in [2.05, 4.69) is 10.5 Å². The summed E-state index contributed by atoms with van der Waals surface area (Å²) in [7, 11) is 0. The van der Waals surface area contributed by atoms with Gasteiger partial charge in [0.05, 0.1) is 5.92 Å². The maximum Gasteiger partial charge on any atom is 0.308 e. The van der Waals surface area contributed by atoms with Crippen LogP contribution < -0.4 is 5.32 Å². The molecule has 0 saturated heterocycles. The van der Waals surface area contributed by atoms with Crippen LogP contribution in [-0.4, -0.2) is 28.2 Å². The molecule has 2 unspecified atom stereocenters. The first-order valence-electron chi connectivity index (χ1n) is 5.55. The molecule has 2 N–H and O–H groups in total. The average molecular weight is 238 g/mol. The number of carboxylic acids is 1. The van der Waals surface area contributed by atoms with Crippen LogP contribution in [0.15, 0.2) is 10.6 Å². The Hall–Kier alpha value is -1.85. The van der Waals surface area contributed by atoms with Crippen molar-refractivity contribution in [3.63, 3.8) is 0 Å². The van der Waals surface area contributed by atoms with Crippen molar-refractivity contribution in [1.82, 2.24) is 10.5 Å². The summed E-state index contributed by atoms with van der Waals surface area (Å²) in [4.78, 5) is 22.7. The van der Waals surface area contributed by atoms with Crippen LogP contribution in [0.25, 0.3) is 0 Å². The number of amides is 1. The van der Waals surface area contributed by atoms with Crippen molar-refractivity contribution in [3.8, 4) is 0 Å². The molecule has 0 spiro atoms. The zero-order chi connectivity index (χ0) is 12.4. The molecule has 1 amide bonds. The lowest BCUT2D eigenvalue weighted by Crippen LogP contribution is -2.40. The molecule has 1 saturated carbocycles. The van der Waals surface area contributed by atoms with Crippen LogP contribution in [0.3, 0.4) is 0 Å². The van der Waals surface area contributed by atoms with Crippen LogP contribution in [0.4, 0.5) is 0 Å². The monoisotopic (exact) mass is 238 g/mol. The number of rotatable bonds is 3. The number of aliphatic carboxylic acids is 1. The topological polar surface area (TPSA) is 92.4 Å². The van der Waals surface area contributed by atoms with Gasteiger partial charge in [0.1, 0.15) is 5.76 Å². The summed E-state index contributed by atoms with van der Waals surface area (Å²) < 4.78 is 4.80. The summed E-state index contributed by atoms with van der Waals surface area (Å²) >= 11 is 0. The second kappa shape index (κ2) is 4.57. The summed E-state index contributed by atoms with van der Waals surface area (Å²) in [6.07, 6.45) is 2.12. The molecule has 2 atom stereocenters. The molecule has 1 aromatic heterocycles. The Bertz CT molecular complexity index is 440. The maximum atomic E-state index is 11.8. The van der Waals surface area contributed by atoms with Crippen molar-refractivity contribution in [2.45, 2.75) is 32.2 Å². The lowest BCUT2D eigenvalue weighted by Gasteiger charge is -2.16. The zero-order valence-electron chi connectivity index (χ0n) is 9.47. The third-order valence-electron chi connectivity index (χ3n) is 3.01. The normalized spacial score (nSPS) is 23.6. The van der Waals surface area contributed by atoms with Crippen LogP contribution in [-0.2, 0) is 4.79 Å². The molecule has 2 rings (SSSR count). The molecule has 92 valence electrons. The number of hydrogen-bond donors (Lipinski definition) is 2. The second-order valence-electron chi connectivity index (χ2n) is 4.28. The van der Waals surface area contributed by atoms with Gasteiger partial charge in [-0.15, -0.1) is 0 Å². The highest BCUT2D eigenvalue weighted by molar-refractivity contribution is 5.92. The Morgan fingerprint density at radius 3 is 2.88 bits per heavy atom. The molecule has 1 aromatic rings. The molecule has 0 aromatic carbocycles. The Labute approximate surface area is 98.0 Å². The Balaban J connectivity index is 2.01. The van der Waals surface area contributed by atoms with Gasteiger partial charge >= 0.3 is 5.97 Å². The predicted molar refractivity (Wildman–Crippen MR) is 57.5 cm³/mol. The number of hydrogen-bond acceptors (Lipinski definition) is 4. The van der Waals surface area contributed by atoms with Gasteiger partial charge in [-0.05, 0) is 19.8 Å². The van der Waals surface area contributed by atoms with E-state index < -0.39 is 11.9 Å². The smallest absolute Gasteiger partial charge is 0.308 e. The average Bonchev–Trinajstić information content (AvgIpc) is 2.86. The van der Waals surface area contributed by atoms with Gasteiger partial charge in [-0.1, -0.05) is 11.6 Å². The molecule has 0 bridgehead atoms. The third kappa shape index (κ3) is 2.46. The quantitative estimate of drug-likeness (QED) is 0.818. The van der Waals surface area contributed by atoms with Crippen molar-refractivity contribution in [3.05, 3.63) is 17.5 Å². The SMILES string of the molecule is Cc1cc(C(=O)NC2CCCC2C(=O)O)no1. The molecule has 1 heterocycles. The van der Waals surface area contributed by atoms with Crippen LogP contribution in [0, 0.1) is 12.8 Å². The molecule has 6 nitrogen and oxygen atoms in total. The number of nitrogens with zero attached hydrogens (tertiary/aromatic N) is 1. The fourth-order valence-electron chi connectivity index (χ4n) is 2.14. The minimum absolute atomic E-state index is 0.193. The Morgan fingerprint density at radius 2 is 2.29 bits per heavy atom. The molecule has 6 heteroatoms. The number of carbonyl (C=O) groups is 2. The number of aromatic nitrogens is 1. The van der Waals surface area contributed by atoms with Gasteiger partial charge < -0.3 is 14.9 Å². The van der Waals surface area contributed by atoms with E-state index in [1.165, 1.54) is 6.07 Å². The number of carbonyl (C=O) groups excluding carboxylic acids is 1.